The molecule has 1 aromatic heterocycles. The summed E-state index contributed by atoms with van der Waals surface area (Å²) in [5.41, 5.74) is 1.90. The molecule has 0 unspecified atom stereocenters. The van der Waals surface area contributed by atoms with Gasteiger partial charge in [0.2, 0.25) is 0 Å². The first-order valence-corrected chi connectivity index (χ1v) is 7.99. The fourth-order valence-corrected chi connectivity index (χ4v) is 2.63. The molecule has 24 heavy (non-hydrogen) atoms. The first-order valence-electron chi connectivity index (χ1n) is 7.61. The lowest BCUT2D eigenvalue weighted by atomic mass is 10.2. The molecule has 0 saturated carbocycles. The summed E-state index contributed by atoms with van der Waals surface area (Å²) in [4.78, 5) is 18.4. The van der Waals surface area contributed by atoms with Crippen molar-refractivity contribution in [3.05, 3.63) is 47.2 Å². The monoisotopic (exact) mass is 347 g/mol. The number of halogens is 1. The predicted molar refractivity (Wildman–Crippen MR) is 92.2 cm³/mol. The predicted octanol–water partition coefficient (Wildman–Crippen LogP) is 2.96. The summed E-state index contributed by atoms with van der Waals surface area (Å²) in [5, 5.41) is 3.80. The third-order valence-corrected chi connectivity index (χ3v) is 3.96. The van der Waals surface area contributed by atoms with Crippen molar-refractivity contribution >= 4 is 28.9 Å². The Morgan fingerprint density at radius 3 is 2.75 bits per heavy atom. The van der Waals surface area contributed by atoms with Crippen molar-refractivity contribution in [2.24, 2.45) is 0 Å². The first kappa shape index (κ1) is 16.5. The molecule has 2 heterocycles. The molecule has 0 bridgehead atoms. The zero-order valence-electron chi connectivity index (χ0n) is 13.3. The van der Waals surface area contributed by atoms with Crippen molar-refractivity contribution in [1.29, 1.82) is 0 Å². The molecule has 1 amide bonds. The van der Waals surface area contributed by atoms with Crippen molar-refractivity contribution < 1.29 is 14.3 Å². The lowest BCUT2D eigenvalue weighted by molar-refractivity contribution is 0.0299. The fraction of sp³-hybridized carbons (Fsp3) is 0.294. The van der Waals surface area contributed by atoms with Gasteiger partial charge in [-0.3, -0.25) is 4.79 Å². The maximum absolute atomic E-state index is 12.4. The van der Waals surface area contributed by atoms with Gasteiger partial charge in [0.25, 0.3) is 5.91 Å². The van der Waals surface area contributed by atoms with Crippen LogP contribution < -0.4 is 10.1 Å². The zero-order valence-corrected chi connectivity index (χ0v) is 14.0. The second kappa shape index (κ2) is 7.51. The summed E-state index contributed by atoms with van der Waals surface area (Å²) in [6, 6.07) is 8.83. The number of benzene rings is 1. The Labute approximate surface area is 145 Å². The molecular weight excluding hydrogens is 330 g/mol. The van der Waals surface area contributed by atoms with E-state index in [-0.39, 0.29) is 5.91 Å². The van der Waals surface area contributed by atoms with Crippen LogP contribution in [0.3, 0.4) is 0 Å². The van der Waals surface area contributed by atoms with Crippen molar-refractivity contribution in [3.8, 4) is 5.75 Å². The second-order valence-electron chi connectivity index (χ2n) is 5.31. The van der Waals surface area contributed by atoms with Gasteiger partial charge in [0.05, 0.1) is 37.9 Å². The molecule has 0 spiro atoms. The van der Waals surface area contributed by atoms with E-state index in [1.807, 2.05) is 0 Å². The molecule has 3 rings (SSSR count). The SMILES string of the molecule is COc1ccc(Cl)cc1Nc1ccc(C(=O)N2CCOCC2)nc1. The maximum Gasteiger partial charge on any atom is 0.272 e. The van der Waals surface area contributed by atoms with Crippen LogP contribution in [0.25, 0.3) is 0 Å². The summed E-state index contributed by atoms with van der Waals surface area (Å²) in [7, 11) is 1.59. The van der Waals surface area contributed by atoms with E-state index in [2.05, 4.69) is 10.3 Å². The van der Waals surface area contributed by atoms with Crippen LogP contribution in [0.4, 0.5) is 11.4 Å². The third kappa shape index (κ3) is 3.77. The Morgan fingerprint density at radius 1 is 1.29 bits per heavy atom. The summed E-state index contributed by atoms with van der Waals surface area (Å²) in [6.45, 7) is 2.33. The number of carbonyl (C=O) groups is 1. The number of rotatable bonds is 4. The molecule has 6 nitrogen and oxygen atoms in total. The van der Waals surface area contributed by atoms with Gasteiger partial charge in [0, 0.05) is 18.1 Å². The van der Waals surface area contributed by atoms with Crippen LogP contribution in [0.2, 0.25) is 5.02 Å². The van der Waals surface area contributed by atoms with E-state index >= 15 is 0 Å². The average Bonchev–Trinajstić information content (AvgIpc) is 2.63. The number of nitrogens with zero attached hydrogens (tertiary/aromatic N) is 2. The van der Waals surface area contributed by atoms with Gasteiger partial charge < -0.3 is 19.7 Å². The van der Waals surface area contributed by atoms with Gasteiger partial charge in [0.1, 0.15) is 11.4 Å². The molecule has 0 aliphatic carbocycles. The van der Waals surface area contributed by atoms with E-state index in [0.717, 1.165) is 11.4 Å². The molecule has 1 aromatic carbocycles. The van der Waals surface area contributed by atoms with Crippen LogP contribution in [0.5, 0.6) is 5.75 Å². The highest BCUT2D eigenvalue weighted by atomic mass is 35.5. The van der Waals surface area contributed by atoms with Gasteiger partial charge in [-0.1, -0.05) is 11.6 Å². The number of carbonyl (C=O) groups excluding carboxylic acids is 1. The molecule has 0 atom stereocenters. The molecule has 2 aromatic rings. The van der Waals surface area contributed by atoms with Crippen LogP contribution in [-0.4, -0.2) is 49.2 Å². The van der Waals surface area contributed by atoms with Crippen molar-refractivity contribution in [2.75, 3.05) is 38.7 Å². The van der Waals surface area contributed by atoms with Crippen molar-refractivity contribution in [3.63, 3.8) is 0 Å². The number of hydrogen-bond donors (Lipinski definition) is 1. The van der Waals surface area contributed by atoms with Gasteiger partial charge in [0.15, 0.2) is 0 Å². The summed E-state index contributed by atoms with van der Waals surface area (Å²) in [6.07, 6.45) is 1.62. The van der Waals surface area contributed by atoms with Gasteiger partial charge in [-0.25, -0.2) is 4.98 Å². The number of amides is 1. The van der Waals surface area contributed by atoms with E-state index in [4.69, 9.17) is 21.1 Å². The number of pyridine rings is 1. The Morgan fingerprint density at radius 2 is 2.08 bits per heavy atom. The van der Waals surface area contributed by atoms with Crippen LogP contribution in [0, 0.1) is 0 Å². The highest BCUT2D eigenvalue weighted by Gasteiger charge is 2.19. The topological polar surface area (TPSA) is 63.7 Å². The van der Waals surface area contributed by atoms with Crippen LogP contribution in [0.1, 0.15) is 10.5 Å². The molecule has 1 N–H and O–H groups in total. The number of methoxy groups -OCH3 is 1. The largest absolute Gasteiger partial charge is 0.495 e. The van der Waals surface area contributed by atoms with Gasteiger partial charge >= 0.3 is 0 Å². The van der Waals surface area contributed by atoms with Gasteiger partial charge in [-0.15, -0.1) is 0 Å². The Balaban J connectivity index is 1.73. The van der Waals surface area contributed by atoms with Crippen LogP contribution >= 0.6 is 11.6 Å². The maximum atomic E-state index is 12.4. The lowest BCUT2D eigenvalue weighted by Crippen LogP contribution is -2.41. The number of ether oxygens (including phenoxy) is 2. The number of aromatic nitrogens is 1. The number of anilines is 2. The van der Waals surface area contributed by atoms with E-state index < -0.39 is 0 Å². The van der Waals surface area contributed by atoms with E-state index in [1.165, 1.54) is 0 Å². The minimum absolute atomic E-state index is 0.0785. The van der Waals surface area contributed by atoms with Gasteiger partial charge in [-0.2, -0.15) is 0 Å². The Kier molecular flexibility index (Phi) is 5.17. The molecule has 7 heteroatoms. The molecule has 1 aliphatic rings. The normalized spacial score (nSPS) is 14.3. The molecular formula is C17H18ClN3O3. The second-order valence-corrected chi connectivity index (χ2v) is 5.74. The molecule has 1 fully saturated rings. The van der Waals surface area contributed by atoms with E-state index in [0.29, 0.717) is 42.8 Å². The number of nitrogens with one attached hydrogen (secondary N) is 1. The minimum atomic E-state index is -0.0785. The fourth-order valence-electron chi connectivity index (χ4n) is 2.46. The number of hydrogen-bond acceptors (Lipinski definition) is 5. The molecule has 1 aliphatic heterocycles. The Hall–Kier alpha value is -2.31. The summed E-state index contributed by atoms with van der Waals surface area (Å²) in [5.74, 6) is 0.595. The molecule has 126 valence electrons. The first-order chi connectivity index (χ1) is 11.7. The quantitative estimate of drug-likeness (QED) is 0.921. The number of morpholine rings is 1. The van der Waals surface area contributed by atoms with Crippen molar-refractivity contribution in [1.82, 2.24) is 9.88 Å². The van der Waals surface area contributed by atoms with E-state index in [1.54, 1.807) is 48.5 Å². The van der Waals surface area contributed by atoms with Crippen molar-refractivity contribution in [2.45, 2.75) is 0 Å². The smallest absolute Gasteiger partial charge is 0.272 e. The molecule has 1 saturated heterocycles. The summed E-state index contributed by atoms with van der Waals surface area (Å²) < 4.78 is 10.6. The zero-order chi connectivity index (χ0) is 16.9. The lowest BCUT2D eigenvalue weighted by Gasteiger charge is -2.26. The van der Waals surface area contributed by atoms with Crippen LogP contribution in [0.15, 0.2) is 36.5 Å². The highest BCUT2D eigenvalue weighted by molar-refractivity contribution is 6.31. The third-order valence-electron chi connectivity index (χ3n) is 3.72. The summed E-state index contributed by atoms with van der Waals surface area (Å²) >= 11 is 6.02. The highest BCUT2D eigenvalue weighted by Crippen LogP contribution is 2.30. The minimum Gasteiger partial charge on any atom is -0.495 e. The molecule has 0 radical (unpaired) electrons. The van der Waals surface area contributed by atoms with E-state index in [9.17, 15) is 4.79 Å². The standard InChI is InChI=1S/C17H18ClN3O3/c1-23-16-5-2-12(18)10-15(16)20-13-3-4-14(19-11-13)17(22)21-6-8-24-9-7-21/h2-5,10-11,20H,6-9H2,1H3. The average molecular weight is 348 g/mol. The van der Waals surface area contributed by atoms with Gasteiger partial charge in [-0.05, 0) is 30.3 Å². The Bertz CT molecular complexity index is 716. The van der Waals surface area contributed by atoms with Crippen LogP contribution in [-0.2, 0) is 4.74 Å².